The average molecular weight is 572 g/mol. The summed E-state index contributed by atoms with van der Waals surface area (Å²) in [6, 6.07) is -0.905. The van der Waals surface area contributed by atoms with Gasteiger partial charge in [-0.1, -0.05) is 45.8 Å². The number of hydrogen-bond donors (Lipinski definition) is 3. The van der Waals surface area contributed by atoms with Crippen molar-refractivity contribution in [2.75, 3.05) is 30.4 Å². The Morgan fingerprint density at radius 3 is 2.92 bits per heavy atom. The molecule has 36 heavy (non-hydrogen) atoms. The summed E-state index contributed by atoms with van der Waals surface area (Å²) >= 11 is 9.52. The van der Waals surface area contributed by atoms with Gasteiger partial charge in [-0.2, -0.15) is 0 Å². The molecule has 2 unspecified atom stereocenters. The highest BCUT2D eigenvalue weighted by Crippen LogP contribution is 2.44. The highest BCUT2D eigenvalue weighted by molar-refractivity contribution is 8.00. The summed E-state index contributed by atoms with van der Waals surface area (Å²) in [4.78, 5) is 48.5. The summed E-state index contributed by atoms with van der Waals surface area (Å²) in [7, 11) is 1.65. The summed E-state index contributed by atoms with van der Waals surface area (Å²) < 4.78 is 1.55. The number of oxime groups is 1. The molecule has 4 heterocycles. The van der Waals surface area contributed by atoms with Gasteiger partial charge >= 0.3 is 5.97 Å². The van der Waals surface area contributed by atoms with E-state index in [4.69, 9.17) is 28.6 Å². The molecule has 0 aliphatic carbocycles. The molecule has 0 saturated carbocycles. The number of aromatic nitrogens is 5. The number of carbonyl (C=O) groups excluding carboxylic acids is 2. The lowest BCUT2D eigenvalue weighted by atomic mass is 9.89. The number of nitrogens with one attached hydrogen (secondary N) is 1. The maximum atomic E-state index is 13.0. The number of β-lactam (4-membered cyclic amide) rings is 1. The number of halogens is 1. The standard InChI is InChI=1S/C18H18ClN9O5S3/c1-3-4-33-24-9(8-11(19)36-16(20)22-8)12(29)21-10-13(30)28-5-18(15(31)32,6-34-14(10)28)7-35-17-23-25-26-27(17)2/h1,10,14H,4-7H2,2H3,(H2,20,22)(H,21,29)(H,31,32)/t10?,14-,18?/m1/s1. The number of anilines is 1. The molecule has 0 radical (unpaired) electrons. The summed E-state index contributed by atoms with van der Waals surface area (Å²) in [6.45, 7) is -0.230. The van der Waals surface area contributed by atoms with Gasteiger partial charge in [0.05, 0.1) is 0 Å². The molecule has 0 spiro atoms. The third-order valence-electron chi connectivity index (χ3n) is 5.29. The Balaban J connectivity index is 1.45. The Hall–Kier alpha value is -3.07. The highest BCUT2D eigenvalue weighted by Gasteiger charge is 2.57. The minimum atomic E-state index is -1.22. The second kappa shape index (κ2) is 10.5. The van der Waals surface area contributed by atoms with Crippen molar-refractivity contribution in [1.82, 2.24) is 35.4 Å². The molecule has 0 aromatic carbocycles. The Kier molecular flexibility index (Phi) is 7.59. The van der Waals surface area contributed by atoms with Crippen LogP contribution in [0, 0.1) is 17.8 Å². The van der Waals surface area contributed by atoms with E-state index < -0.39 is 34.6 Å². The van der Waals surface area contributed by atoms with Crippen molar-refractivity contribution in [3.63, 3.8) is 0 Å². The lowest BCUT2D eigenvalue weighted by molar-refractivity contribution is -0.157. The fourth-order valence-electron chi connectivity index (χ4n) is 3.45. The molecule has 2 amide bonds. The number of aliphatic carboxylic acids is 1. The molecule has 3 atom stereocenters. The van der Waals surface area contributed by atoms with Crippen molar-refractivity contribution >= 4 is 75.1 Å². The molecule has 18 heteroatoms. The van der Waals surface area contributed by atoms with Crippen molar-refractivity contribution in [2.45, 2.75) is 16.6 Å². The first-order valence-corrected chi connectivity index (χ1v) is 13.3. The first-order chi connectivity index (χ1) is 17.2. The van der Waals surface area contributed by atoms with Crippen LogP contribution in [0.3, 0.4) is 0 Å². The van der Waals surface area contributed by atoms with E-state index >= 15 is 0 Å². The largest absolute Gasteiger partial charge is 0.481 e. The van der Waals surface area contributed by atoms with Gasteiger partial charge in [0.2, 0.25) is 11.1 Å². The molecular weight excluding hydrogens is 554 g/mol. The van der Waals surface area contributed by atoms with Crippen LogP contribution in [-0.2, 0) is 26.3 Å². The molecule has 2 fully saturated rings. The normalized spacial score (nSPS) is 23.4. The molecule has 2 saturated heterocycles. The van der Waals surface area contributed by atoms with Crippen LogP contribution in [0.2, 0.25) is 4.34 Å². The number of hydrogen-bond acceptors (Lipinski definition) is 13. The first-order valence-electron chi connectivity index (χ1n) is 10.0. The quantitative estimate of drug-likeness (QED) is 0.0875. The van der Waals surface area contributed by atoms with Gasteiger partial charge in [-0.25, -0.2) is 9.67 Å². The van der Waals surface area contributed by atoms with Crippen LogP contribution >= 0.6 is 46.5 Å². The van der Waals surface area contributed by atoms with Gasteiger partial charge < -0.3 is 25.9 Å². The number of terminal acetylenes is 1. The summed E-state index contributed by atoms with van der Waals surface area (Å²) in [6.07, 6.45) is 5.15. The molecule has 14 nitrogen and oxygen atoms in total. The van der Waals surface area contributed by atoms with Crippen molar-refractivity contribution in [3.05, 3.63) is 10.0 Å². The monoisotopic (exact) mass is 571 g/mol. The second-order valence-corrected chi connectivity index (χ2v) is 11.4. The third kappa shape index (κ3) is 4.93. The van der Waals surface area contributed by atoms with Crippen LogP contribution < -0.4 is 11.1 Å². The predicted octanol–water partition coefficient (Wildman–Crippen LogP) is -0.481. The van der Waals surface area contributed by atoms with Gasteiger partial charge in [0, 0.05) is 25.1 Å². The average Bonchev–Trinajstić information content (AvgIpc) is 3.41. The van der Waals surface area contributed by atoms with Crippen molar-refractivity contribution in [2.24, 2.45) is 17.6 Å². The van der Waals surface area contributed by atoms with E-state index in [1.807, 2.05) is 0 Å². The van der Waals surface area contributed by atoms with Crippen molar-refractivity contribution in [1.29, 1.82) is 0 Å². The Morgan fingerprint density at radius 2 is 2.31 bits per heavy atom. The lowest BCUT2D eigenvalue weighted by Crippen LogP contribution is -2.74. The highest BCUT2D eigenvalue weighted by atomic mass is 35.5. The Bertz CT molecular complexity index is 1280. The molecular formula is C18H18ClN9O5S3. The molecule has 2 aromatic heterocycles. The number of aryl methyl sites for hydroxylation is 1. The fraction of sp³-hybridized carbons (Fsp3) is 0.444. The van der Waals surface area contributed by atoms with Crippen LogP contribution in [0.4, 0.5) is 5.13 Å². The number of carbonyl (C=O) groups is 3. The van der Waals surface area contributed by atoms with E-state index in [1.165, 1.54) is 33.1 Å². The third-order valence-corrected chi connectivity index (χ3v) is 9.26. The van der Waals surface area contributed by atoms with Gasteiger partial charge in [0.25, 0.3) is 5.91 Å². The number of thioether (sulfide) groups is 2. The van der Waals surface area contributed by atoms with Crippen LogP contribution in [0.15, 0.2) is 10.3 Å². The molecule has 2 aliphatic heterocycles. The SMILES string of the molecule is C#CCON=C(C(=O)NC1C(=O)N2CC(CSc3nnnn3C)(C(=O)O)CS[C@H]12)c1nc(N)sc1Cl. The number of rotatable bonds is 9. The lowest BCUT2D eigenvalue weighted by Gasteiger charge is -2.53. The van der Waals surface area contributed by atoms with Gasteiger partial charge in [0.1, 0.15) is 26.9 Å². The zero-order chi connectivity index (χ0) is 26.0. The fourth-order valence-corrected chi connectivity index (χ4v) is 7.09. The number of fused-ring (bicyclic) bond motifs is 1. The zero-order valence-electron chi connectivity index (χ0n) is 18.5. The Morgan fingerprint density at radius 1 is 1.53 bits per heavy atom. The number of nitrogens with two attached hydrogens (primary N) is 1. The molecule has 2 aliphatic rings. The zero-order valence-corrected chi connectivity index (χ0v) is 21.7. The van der Waals surface area contributed by atoms with E-state index in [0.29, 0.717) is 5.16 Å². The topological polar surface area (TPSA) is 191 Å². The van der Waals surface area contributed by atoms with Crippen LogP contribution in [0.1, 0.15) is 5.69 Å². The maximum absolute atomic E-state index is 13.0. The summed E-state index contributed by atoms with van der Waals surface area (Å²) in [5, 5.41) is 27.6. The molecule has 2 aromatic rings. The summed E-state index contributed by atoms with van der Waals surface area (Å²) in [5.41, 5.74) is 4.16. The predicted molar refractivity (Wildman–Crippen MR) is 132 cm³/mol. The summed E-state index contributed by atoms with van der Waals surface area (Å²) in [5.74, 6) is 0.357. The number of thiazole rings is 1. The van der Waals surface area contributed by atoms with Gasteiger partial charge in [-0.15, -0.1) is 23.3 Å². The van der Waals surface area contributed by atoms with Crippen molar-refractivity contribution < 1.29 is 24.3 Å². The minimum Gasteiger partial charge on any atom is -0.481 e. The van der Waals surface area contributed by atoms with Gasteiger partial charge in [-0.05, 0) is 10.4 Å². The number of carboxylic acids is 1. The second-order valence-electron chi connectivity index (χ2n) is 7.67. The molecule has 190 valence electrons. The number of carboxylic acid groups (broad SMARTS) is 1. The molecule has 4 rings (SSSR count). The smallest absolute Gasteiger partial charge is 0.313 e. The van der Waals surface area contributed by atoms with E-state index in [1.54, 1.807) is 7.05 Å². The van der Waals surface area contributed by atoms with E-state index in [9.17, 15) is 19.5 Å². The number of amides is 2. The first kappa shape index (κ1) is 26.0. The minimum absolute atomic E-state index is 0.00574. The molecule has 0 bridgehead atoms. The van der Waals surface area contributed by atoms with Gasteiger partial charge in [-0.3, -0.25) is 14.4 Å². The van der Waals surface area contributed by atoms with E-state index in [-0.39, 0.29) is 45.5 Å². The molecule has 4 N–H and O–H groups in total. The number of nitrogen functional groups attached to an aromatic ring is 1. The maximum Gasteiger partial charge on any atom is 0.313 e. The number of nitrogens with zero attached hydrogens (tertiary/aromatic N) is 7. The van der Waals surface area contributed by atoms with Gasteiger partial charge in [0.15, 0.2) is 17.5 Å². The Labute approximate surface area is 221 Å². The van der Waals surface area contributed by atoms with Crippen LogP contribution in [0.25, 0.3) is 0 Å². The number of tetrazole rings is 1. The van der Waals surface area contributed by atoms with Crippen molar-refractivity contribution in [3.8, 4) is 12.3 Å². The van der Waals surface area contributed by atoms with E-state index in [0.717, 1.165) is 11.3 Å². The van der Waals surface area contributed by atoms with Crippen LogP contribution in [-0.4, -0.2) is 94.8 Å². The van der Waals surface area contributed by atoms with Crippen LogP contribution in [0.5, 0.6) is 0 Å². The van der Waals surface area contributed by atoms with E-state index in [2.05, 4.69) is 36.9 Å².